The quantitative estimate of drug-likeness (QED) is 0.416. The summed E-state index contributed by atoms with van der Waals surface area (Å²) in [5, 5.41) is 10.4. The van der Waals surface area contributed by atoms with Crippen LogP contribution >= 0.6 is 0 Å². The van der Waals surface area contributed by atoms with Crippen molar-refractivity contribution in [3.63, 3.8) is 0 Å². The van der Waals surface area contributed by atoms with Gasteiger partial charge >= 0.3 is 0 Å². The molecule has 2 amide bonds. The van der Waals surface area contributed by atoms with Gasteiger partial charge in [-0.2, -0.15) is 5.10 Å². The highest BCUT2D eigenvalue weighted by atomic mass is 16.5. The van der Waals surface area contributed by atoms with Crippen LogP contribution < -0.4 is 11.1 Å². The van der Waals surface area contributed by atoms with E-state index in [1.807, 2.05) is 34.6 Å². The number of carbonyl (C=O) groups is 2. The molecule has 38 heavy (non-hydrogen) atoms. The van der Waals surface area contributed by atoms with E-state index >= 15 is 0 Å². The van der Waals surface area contributed by atoms with Gasteiger partial charge in [-0.25, -0.2) is 9.97 Å². The van der Waals surface area contributed by atoms with E-state index in [0.717, 1.165) is 30.8 Å². The Kier molecular flexibility index (Phi) is 5.99. The minimum Gasteiger partial charge on any atom is -0.382 e. The van der Waals surface area contributed by atoms with Gasteiger partial charge in [0.1, 0.15) is 22.9 Å². The molecular weight excluding hydrogens is 484 g/mol. The average molecular weight is 513 g/mol. The molecule has 3 N–H and O–H groups in total. The Bertz CT molecular complexity index is 1500. The number of imidazole rings is 1. The van der Waals surface area contributed by atoms with Crippen LogP contribution in [0.4, 0.5) is 11.6 Å². The van der Waals surface area contributed by atoms with Crippen LogP contribution in [-0.2, 0) is 9.53 Å². The maximum Gasteiger partial charge on any atom is 0.256 e. The summed E-state index contributed by atoms with van der Waals surface area (Å²) < 4.78 is 7.31. The van der Waals surface area contributed by atoms with E-state index in [1.54, 1.807) is 36.7 Å². The van der Waals surface area contributed by atoms with Crippen molar-refractivity contribution in [2.45, 2.75) is 25.7 Å². The van der Waals surface area contributed by atoms with Gasteiger partial charge < -0.3 is 20.7 Å². The molecule has 2 saturated heterocycles. The number of anilines is 2. The van der Waals surface area contributed by atoms with Crippen LogP contribution in [0.2, 0.25) is 0 Å². The Morgan fingerprint density at radius 1 is 1.16 bits per heavy atom. The molecule has 1 atom stereocenters. The molecule has 11 nitrogen and oxygen atoms in total. The molecule has 2 aliphatic rings. The van der Waals surface area contributed by atoms with Crippen LogP contribution in [0.5, 0.6) is 0 Å². The lowest BCUT2D eigenvalue weighted by molar-refractivity contribution is -0.169. The molecule has 4 aromatic rings. The Balaban J connectivity index is 1.29. The van der Waals surface area contributed by atoms with Crippen molar-refractivity contribution in [1.29, 1.82) is 0 Å². The summed E-state index contributed by atoms with van der Waals surface area (Å²) >= 11 is 0. The van der Waals surface area contributed by atoms with E-state index in [4.69, 9.17) is 15.5 Å². The van der Waals surface area contributed by atoms with Gasteiger partial charge in [-0.1, -0.05) is 12.1 Å². The molecular formula is C27H28N8O3. The summed E-state index contributed by atoms with van der Waals surface area (Å²) in [6.45, 7) is 4.24. The van der Waals surface area contributed by atoms with Crippen molar-refractivity contribution in [3.05, 3.63) is 66.4 Å². The van der Waals surface area contributed by atoms with E-state index in [-0.39, 0.29) is 17.7 Å². The Labute approximate surface area is 219 Å². The van der Waals surface area contributed by atoms with Crippen LogP contribution in [-0.4, -0.2) is 67.6 Å². The van der Waals surface area contributed by atoms with Crippen molar-refractivity contribution in [1.82, 2.24) is 29.5 Å². The minimum atomic E-state index is -0.433. The largest absolute Gasteiger partial charge is 0.382 e. The highest BCUT2D eigenvalue weighted by molar-refractivity contribution is 6.04. The number of likely N-dealkylation sites (tertiary alicyclic amines) is 1. The molecule has 0 saturated carbocycles. The third kappa shape index (κ3) is 4.24. The van der Waals surface area contributed by atoms with Crippen LogP contribution in [0, 0.1) is 5.41 Å². The first kappa shape index (κ1) is 24.0. The third-order valence-corrected chi connectivity index (χ3v) is 7.28. The van der Waals surface area contributed by atoms with E-state index in [1.165, 1.54) is 0 Å². The molecule has 11 heteroatoms. The zero-order valence-corrected chi connectivity index (χ0v) is 21.0. The fourth-order valence-corrected chi connectivity index (χ4v) is 5.20. The summed E-state index contributed by atoms with van der Waals surface area (Å²) in [5.41, 5.74) is 8.59. The second-order valence-corrected chi connectivity index (χ2v) is 10.1. The molecule has 0 aliphatic carbocycles. The standard InChI is InChI=1S/C27H28N8O3/c1-27(15-38-16-27)26(37)34-12-3-4-19(14-34)24-32-21(22-23(28)29-11-13-35(22)24)17-6-8-18(9-7-17)25(36)31-20-5-2-10-30-33-20/h2,5-11,13,19H,3-4,12,14-16H2,1H3,(H2,28,29)(H,31,33,36)/t19-/m1/s1. The van der Waals surface area contributed by atoms with Gasteiger partial charge in [0.05, 0.1) is 18.6 Å². The van der Waals surface area contributed by atoms with Crippen LogP contribution in [0.1, 0.15) is 41.9 Å². The van der Waals surface area contributed by atoms with Crippen molar-refractivity contribution in [2.75, 3.05) is 37.4 Å². The van der Waals surface area contributed by atoms with Crippen molar-refractivity contribution in [2.24, 2.45) is 5.41 Å². The average Bonchev–Trinajstić information content (AvgIpc) is 3.33. The molecule has 6 rings (SSSR count). The molecule has 5 heterocycles. The van der Waals surface area contributed by atoms with Gasteiger partial charge in [-0.05, 0) is 44.0 Å². The first-order chi connectivity index (χ1) is 18.4. The normalized spacial score (nSPS) is 18.7. The number of benzene rings is 1. The summed E-state index contributed by atoms with van der Waals surface area (Å²) in [6.07, 6.45) is 6.88. The number of nitrogens with one attached hydrogen (secondary N) is 1. The van der Waals surface area contributed by atoms with Gasteiger partial charge in [0.25, 0.3) is 5.91 Å². The first-order valence-corrected chi connectivity index (χ1v) is 12.6. The smallest absolute Gasteiger partial charge is 0.256 e. The lowest BCUT2D eigenvalue weighted by atomic mass is 9.85. The number of aromatic nitrogens is 5. The number of piperidine rings is 1. The minimum absolute atomic E-state index is 0.0531. The predicted molar refractivity (Wildman–Crippen MR) is 140 cm³/mol. The van der Waals surface area contributed by atoms with E-state index < -0.39 is 5.41 Å². The number of hydrogen-bond donors (Lipinski definition) is 2. The maximum absolute atomic E-state index is 13.2. The van der Waals surface area contributed by atoms with Crippen LogP contribution in [0.3, 0.4) is 0 Å². The van der Waals surface area contributed by atoms with Crippen molar-refractivity contribution < 1.29 is 14.3 Å². The number of rotatable bonds is 5. The van der Waals surface area contributed by atoms with Crippen LogP contribution in [0.15, 0.2) is 55.0 Å². The van der Waals surface area contributed by atoms with Gasteiger partial charge in [0.15, 0.2) is 5.82 Å². The first-order valence-electron chi connectivity index (χ1n) is 12.6. The fourth-order valence-electron chi connectivity index (χ4n) is 5.20. The maximum atomic E-state index is 13.2. The lowest BCUT2D eigenvalue weighted by Crippen LogP contribution is -2.55. The number of fused-ring (bicyclic) bond motifs is 1. The summed E-state index contributed by atoms with van der Waals surface area (Å²) in [7, 11) is 0. The molecule has 0 unspecified atom stereocenters. The number of hydrogen-bond acceptors (Lipinski definition) is 8. The topological polar surface area (TPSA) is 141 Å². The number of amides is 2. The molecule has 1 aromatic carbocycles. The Morgan fingerprint density at radius 2 is 1.97 bits per heavy atom. The van der Waals surface area contributed by atoms with E-state index in [9.17, 15) is 9.59 Å². The fraction of sp³-hybridized carbons (Fsp3) is 0.333. The molecule has 2 aliphatic heterocycles. The number of nitrogens with zero attached hydrogens (tertiary/aromatic N) is 6. The highest BCUT2D eigenvalue weighted by Crippen LogP contribution is 2.36. The van der Waals surface area contributed by atoms with E-state index in [0.29, 0.717) is 48.2 Å². The van der Waals surface area contributed by atoms with Crippen molar-refractivity contribution >= 4 is 29.0 Å². The SMILES string of the molecule is CC1(C(=O)N2CCC[C@@H](c3nc(-c4ccc(C(=O)Nc5cccnn5)cc4)c4c(N)nccn34)C2)COC1. The highest BCUT2D eigenvalue weighted by Gasteiger charge is 2.44. The summed E-state index contributed by atoms with van der Waals surface area (Å²) in [6, 6.07) is 10.5. The van der Waals surface area contributed by atoms with E-state index in [2.05, 4.69) is 20.5 Å². The molecule has 0 radical (unpaired) electrons. The molecule has 3 aromatic heterocycles. The Morgan fingerprint density at radius 3 is 2.68 bits per heavy atom. The Hall–Kier alpha value is -4.38. The zero-order chi connectivity index (χ0) is 26.3. The predicted octanol–water partition coefficient (Wildman–Crippen LogP) is 2.76. The summed E-state index contributed by atoms with van der Waals surface area (Å²) in [4.78, 5) is 37.1. The lowest BCUT2D eigenvalue weighted by Gasteiger charge is -2.42. The molecule has 0 bridgehead atoms. The van der Waals surface area contributed by atoms with Gasteiger partial charge in [-0.3, -0.25) is 14.0 Å². The number of ether oxygens (including phenoxy) is 1. The zero-order valence-electron chi connectivity index (χ0n) is 21.0. The molecule has 0 spiro atoms. The second kappa shape index (κ2) is 9.49. The number of nitrogens with two attached hydrogens (primary N) is 1. The number of carbonyl (C=O) groups excluding carboxylic acids is 2. The molecule has 194 valence electrons. The van der Waals surface area contributed by atoms with Gasteiger partial charge in [-0.15, -0.1) is 5.10 Å². The number of nitrogen functional groups attached to an aromatic ring is 1. The van der Waals surface area contributed by atoms with Crippen molar-refractivity contribution in [3.8, 4) is 11.3 Å². The third-order valence-electron chi connectivity index (χ3n) is 7.28. The van der Waals surface area contributed by atoms with Crippen LogP contribution in [0.25, 0.3) is 16.8 Å². The summed E-state index contributed by atoms with van der Waals surface area (Å²) in [5.74, 6) is 1.51. The van der Waals surface area contributed by atoms with Gasteiger partial charge in [0, 0.05) is 48.7 Å². The molecule has 2 fully saturated rings. The second-order valence-electron chi connectivity index (χ2n) is 10.1. The van der Waals surface area contributed by atoms with Gasteiger partial charge in [0.2, 0.25) is 5.91 Å². The monoisotopic (exact) mass is 512 g/mol.